The number of benzene rings is 2. The number of piperazine rings is 1. The molecule has 1 unspecified atom stereocenters. The number of nitrogens with zero attached hydrogens (tertiary/aromatic N) is 3. The Labute approximate surface area is 213 Å². The quantitative estimate of drug-likeness (QED) is 0.536. The zero-order chi connectivity index (χ0) is 24.6. The third-order valence-electron chi connectivity index (χ3n) is 7.30. The highest BCUT2D eigenvalue weighted by Crippen LogP contribution is 2.44. The number of rotatable bonds is 6. The number of hydrogen-bond acceptors (Lipinski definition) is 6. The molecule has 2 aromatic carbocycles. The summed E-state index contributed by atoms with van der Waals surface area (Å²) in [4.78, 5) is 46.5. The molecule has 0 radical (unpaired) electrons. The Morgan fingerprint density at radius 2 is 1.92 bits per heavy atom. The number of nitrogens with one attached hydrogen (secondary N) is 2. The number of anilines is 3. The van der Waals surface area contributed by atoms with Crippen LogP contribution in [0.2, 0.25) is 0 Å². The molecular weight excluding hydrogens is 474 g/mol. The van der Waals surface area contributed by atoms with E-state index in [1.807, 2.05) is 28.8 Å². The van der Waals surface area contributed by atoms with E-state index in [0.29, 0.717) is 31.7 Å². The average Bonchev–Trinajstić information content (AvgIpc) is 3.49. The lowest BCUT2D eigenvalue weighted by Crippen LogP contribution is -2.52. The van der Waals surface area contributed by atoms with Crippen LogP contribution >= 0.6 is 11.8 Å². The predicted octanol–water partition coefficient (Wildman–Crippen LogP) is 3.33. The normalized spacial score (nSPS) is 18.1. The minimum absolute atomic E-state index is 0.0746. The van der Waals surface area contributed by atoms with Gasteiger partial charge < -0.3 is 15.1 Å². The summed E-state index contributed by atoms with van der Waals surface area (Å²) in [5, 5.41) is 3.40. The Kier molecular flexibility index (Phi) is 6.08. The third-order valence-corrected chi connectivity index (χ3v) is 8.57. The first-order valence-electron chi connectivity index (χ1n) is 12.6. The van der Waals surface area contributed by atoms with Crippen LogP contribution in [-0.2, 0) is 24.2 Å². The van der Waals surface area contributed by atoms with E-state index in [1.54, 1.807) is 0 Å². The van der Waals surface area contributed by atoms with Crippen molar-refractivity contribution in [2.75, 3.05) is 29.9 Å². The molecule has 1 amide bonds. The largest absolute Gasteiger partial charge is 0.355 e. The number of fused-ring (bicyclic) bond motifs is 4. The maximum absolute atomic E-state index is 12.9. The van der Waals surface area contributed by atoms with E-state index >= 15 is 0 Å². The Hall–Kier alpha value is -3.46. The van der Waals surface area contributed by atoms with Crippen molar-refractivity contribution in [2.45, 2.75) is 48.9 Å². The minimum Gasteiger partial charge on any atom is -0.355 e. The van der Waals surface area contributed by atoms with Crippen molar-refractivity contribution < 1.29 is 4.79 Å². The molecule has 1 fully saturated rings. The molecule has 3 aromatic rings. The first-order chi connectivity index (χ1) is 17.5. The number of thioether (sulfide) groups is 1. The van der Waals surface area contributed by atoms with Crippen molar-refractivity contribution in [2.24, 2.45) is 0 Å². The van der Waals surface area contributed by atoms with E-state index in [4.69, 9.17) is 0 Å². The fourth-order valence-corrected chi connectivity index (χ4v) is 6.80. The van der Waals surface area contributed by atoms with E-state index in [1.165, 1.54) is 32.3 Å². The monoisotopic (exact) mass is 503 g/mol. The van der Waals surface area contributed by atoms with Crippen LogP contribution in [0.25, 0.3) is 0 Å². The highest BCUT2D eigenvalue weighted by molar-refractivity contribution is 8.00. The zero-order valence-electron chi connectivity index (χ0n) is 20.0. The fourth-order valence-electron chi connectivity index (χ4n) is 5.45. The Morgan fingerprint density at radius 3 is 2.81 bits per heavy atom. The summed E-state index contributed by atoms with van der Waals surface area (Å²) in [6, 6.07) is 15.9. The number of amides is 1. The van der Waals surface area contributed by atoms with Crippen molar-refractivity contribution in [3.8, 4) is 0 Å². The van der Waals surface area contributed by atoms with Gasteiger partial charge in [-0.1, -0.05) is 30.0 Å². The van der Waals surface area contributed by atoms with Crippen molar-refractivity contribution >= 4 is 34.9 Å². The molecule has 0 bridgehead atoms. The van der Waals surface area contributed by atoms with Crippen LogP contribution in [-0.4, -0.2) is 45.4 Å². The van der Waals surface area contributed by atoms with Gasteiger partial charge in [-0.25, -0.2) is 4.79 Å². The van der Waals surface area contributed by atoms with Gasteiger partial charge in [0.25, 0.3) is 5.56 Å². The molecule has 8 nitrogen and oxygen atoms in total. The molecule has 1 atom stereocenters. The lowest BCUT2D eigenvalue weighted by atomic mass is 10.1. The van der Waals surface area contributed by atoms with Gasteiger partial charge in [-0.05, 0) is 61.1 Å². The molecule has 2 N–H and O–H groups in total. The fraction of sp³-hybridized carbons (Fsp3) is 0.370. The summed E-state index contributed by atoms with van der Waals surface area (Å²) >= 11 is 1.81. The van der Waals surface area contributed by atoms with Gasteiger partial charge in [0.05, 0.1) is 17.6 Å². The van der Waals surface area contributed by atoms with Gasteiger partial charge in [0.15, 0.2) is 0 Å². The van der Waals surface area contributed by atoms with E-state index in [2.05, 4.69) is 45.5 Å². The molecule has 2 aliphatic heterocycles. The Balaban J connectivity index is 1.04. The van der Waals surface area contributed by atoms with Crippen molar-refractivity contribution in [3.05, 3.63) is 80.5 Å². The van der Waals surface area contributed by atoms with E-state index < -0.39 is 5.69 Å². The Bertz CT molecular complexity index is 1400. The molecule has 3 heterocycles. The number of para-hydroxylation sites is 1. The minimum atomic E-state index is -0.465. The van der Waals surface area contributed by atoms with Crippen LogP contribution in [0.3, 0.4) is 0 Å². The molecule has 3 aliphatic rings. The highest BCUT2D eigenvalue weighted by atomic mass is 32.2. The number of aromatic amines is 1. The molecular formula is C27H29N5O3S. The highest BCUT2D eigenvalue weighted by Gasteiger charge is 2.35. The van der Waals surface area contributed by atoms with Gasteiger partial charge in [-0.3, -0.25) is 19.1 Å². The number of aromatic nitrogens is 2. The first kappa shape index (κ1) is 23.0. The van der Waals surface area contributed by atoms with E-state index in [-0.39, 0.29) is 23.4 Å². The van der Waals surface area contributed by atoms with Gasteiger partial charge in [0.2, 0.25) is 5.91 Å². The summed E-state index contributed by atoms with van der Waals surface area (Å²) in [5.74, 6) is 0.453. The van der Waals surface area contributed by atoms with Crippen molar-refractivity contribution in [1.82, 2.24) is 14.5 Å². The SMILES string of the molecule is O=C(CCCn1c(=O)cc(Nc2ccc3c(c2)CCC3)[nH]c1=O)N1CCN2c3ccccc3SC2C1. The number of carbonyl (C=O) groups excluding carboxylic acids is 1. The van der Waals surface area contributed by atoms with Gasteiger partial charge >= 0.3 is 5.69 Å². The van der Waals surface area contributed by atoms with Gasteiger partial charge in [0, 0.05) is 42.7 Å². The second-order valence-electron chi connectivity index (χ2n) is 9.62. The maximum atomic E-state index is 12.9. The topological polar surface area (TPSA) is 90.4 Å². The molecule has 9 heteroatoms. The number of hydrogen-bond donors (Lipinski definition) is 2. The van der Waals surface area contributed by atoms with E-state index in [9.17, 15) is 14.4 Å². The molecule has 6 rings (SSSR count). The molecule has 1 aliphatic carbocycles. The van der Waals surface area contributed by atoms with Crippen LogP contribution in [0.4, 0.5) is 17.2 Å². The second-order valence-corrected chi connectivity index (χ2v) is 10.8. The first-order valence-corrected chi connectivity index (χ1v) is 13.5. The second kappa shape index (κ2) is 9.54. The number of H-pyrrole nitrogens is 1. The van der Waals surface area contributed by atoms with Gasteiger partial charge in [-0.2, -0.15) is 0 Å². The molecule has 186 valence electrons. The summed E-state index contributed by atoms with van der Waals surface area (Å²) in [6.07, 6.45) is 4.08. The smallest absolute Gasteiger partial charge is 0.329 e. The summed E-state index contributed by atoms with van der Waals surface area (Å²) in [6.45, 7) is 2.40. The van der Waals surface area contributed by atoms with Crippen molar-refractivity contribution in [1.29, 1.82) is 0 Å². The lowest BCUT2D eigenvalue weighted by Gasteiger charge is -2.38. The third kappa shape index (κ3) is 4.43. The maximum Gasteiger partial charge on any atom is 0.329 e. The van der Waals surface area contributed by atoms with Gasteiger partial charge in [0.1, 0.15) is 5.82 Å². The van der Waals surface area contributed by atoms with Crippen LogP contribution in [0, 0.1) is 0 Å². The van der Waals surface area contributed by atoms with Crippen LogP contribution in [0.15, 0.2) is 63.0 Å². The summed E-state index contributed by atoms with van der Waals surface area (Å²) in [7, 11) is 0. The van der Waals surface area contributed by atoms with Crippen LogP contribution in [0.5, 0.6) is 0 Å². The van der Waals surface area contributed by atoms with Gasteiger partial charge in [-0.15, -0.1) is 0 Å². The zero-order valence-corrected chi connectivity index (χ0v) is 20.9. The molecule has 36 heavy (non-hydrogen) atoms. The summed E-state index contributed by atoms with van der Waals surface area (Å²) < 4.78 is 1.17. The van der Waals surface area contributed by atoms with Crippen LogP contribution in [0.1, 0.15) is 30.4 Å². The van der Waals surface area contributed by atoms with Crippen LogP contribution < -0.4 is 21.5 Å². The Morgan fingerprint density at radius 1 is 1.06 bits per heavy atom. The summed E-state index contributed by atoms with van der Waals surface area (Å²) in [5.41, 5.74) is 3.96. The standard InChI is InChI=1S/C27H29N5O3S/c33-24(30-13-14-31-21-7-1-2-8-22(21)36-26(31)17-30)9-4-12-32-25(34)16-23(29-27(32)35)28-20-11-10-18-5-3-6-19(18)15-20/h1-2,7-8,10-11,15-16,26,28H,3-6,9,12-14,17H2,(H,29,35). The molecule has 0 spiro atoms. The number of aryl methyl sites for hydroxylation is 2. The molecule has 1 aromatic heterocycles. The molecule has 1 saturated heterocycles. The number of carbonyl (C=O) groups is 1. The van der Waals surface area contributed by atoms with E-state index in [0.717, 1.165) is 31.5 Å². The van der Waals surface area contributed by atoms with Crippen molar-refractivity contribution in [3.63, 3.8) is 0 Å². The predicted molar refractivity (Wildman–Crippen MR) is 142 cm³/mol. The lowest BCUT2D eigenvalue weighted by molar-refractivity contribution is -0.131. The molecule has 0 saturated carbocycles. The average molecular weight is 504 g/mol.